The molecular weight excluding hydrogens is 477 g/mol. The first-order valence-corrected chi connectivity index (χ1v) is 10.0. The first-order chi connectivity index (χ1) is 13.8. The van der Waals surface area contributed by atoms with E-state index in [1.807, 2.05) is 24.3 Å². The van der Waals surface area contributed by atoms with Crippen LogP contribution in [0, 0.1) is 0 Å². The van der Waals surface area contributed by atoms with E-state index in [1.165, 1.54) is 11.1 Å². The van der Waals surface area contributed by atoms with Gasteiger partial charge in [-0.15, -0.1) is 24.0 Å². The maximum absolute atomic E-state index is 5.58. The SMILES string of the molecule is CCNC(=NCCc1nc2ccccc2[nH]1)NCCc1ccc2c(c1)CCO2.I. The Morgan fingerprint density at radius 3 is 2.93 bits per heavy atom. The molecule has 3 aromatic rings. The number of para-hydroxylation sites is 2. The number of ether oxygens (including phenoxy) is 1. The van der Waals surface area contributed by atoms with Crippen LogP contribution in [-0.2, 0) is 19.3 Å². The molecular formula is C22H28IN5O. The Morgan fingerprint density at radius 1 is 1.17 bits per heavy atom. The molecule has 2 aromatic carbocycles. The number of H-pyrrole nitrogens is 1. The first-order valence-electron chi connectivity index (χ1n) is 10.0. The number of nitrogens with zero attached hydrogens (tertiary/aromatic N) is 2. The van der Waals surface area contributed by atoms with Crippen LogP contribution in [0.5, 0.6) is 5.75 Å². The minimum Gasteiger partial charge on any atom is -0.493 e. The standard InChI is InChI=1S/C22H27N5O.HI/c1-2-23-22(24-12-9-16-7-8-20-17(15-16)11-14-28-20)25-13-10-21-26-18-5-3-4-6-19(18)27-21;/h3-8,15H,2,9-14H2,1H3,(H,26,27)(H2,23,24,25);1H. The molecule has 0 spiro atoms. The molecule has 0 fully saturated rings. The van der Waals surface area contributed by atoms with E-state index in [0.29, 0.717) is 6.54 Å². The Bertz CT molecular complexity index is 936. The summed E-state index contributed by atoms with van der Waals surface area (Å²) < 4.78 is 5.58. The highest BCUT2D eigenvalue weighted by atomic mass is 127. The van der Waals surface area contributed by atoms with Gasteiger partial charge in [0.2, 0.25) is 0 Å². The van der Waals surface area contributed by atoms with Gasteiger partial charge < -0.3 is 20.4 Å². The summed E-state index contributed by atoms with van der Waals surface area (Å²) in [6.45, 7) is 5.25. The van der Waals surface area contributed by atoms with E-state index in [-0.39, 0.29) is 24.0 Å². The van der Waals surface area contributed by atoms with Crippen LogP contribution in [0.2, 0.25) is 0 Å². The van der Waals surface area contributed by atoms with Crippen molar-refractivity contribution in [1.29, 1.82) is 0 Å². The molecule has 2 heterocycles. The summed E-state index contributed by atoms with van der Waals surface area (Å²) in [5.74, 6) is 2.86. The number of fused-ring (bicyclic) bond motifs is 2. The highest BCUT2D eigenvalue weighted by Crippen LogP contribution is 2.25. The average molecular weight is 505 g/mol. The van der Waals surface area contributed by atoms with Crippen molar-refractivity contribution in [2.75, 3.05) is 26.2 Å². The summed E-state index contributed by atoms with van der Waals surface area (Å²) in [5.41, 5.74) is 4.73. The Kier molecular flexibility index (Phi) is 7.74. The van der Waals surface area contributed by atoms with Gasteiger partial charge in [0, 0.05) is 32.5 Å². The molecule has 29 heavy (non-hydrogen) atoms. The smallest absolute Gasteiger partial charge is 0.191 e. The normalized spacial score (nSPS) is 12.9. The molecule has 4 rings (SSSR count). The molecule has 6 nitrogen and oxygen atoms in total. The molecule has 1 aromatic heterocycles. The van der Waals surface area contributed by atoms with Crippen molar-refractivity contribution in [3.63, 3.8) is 0 Å². The third-order valence-electron chi connectivity index (χ3n) is 4.86. The van der Waals surface area contributed by atoms with Gasteiger partial charge in [0.05, 0.1) is 17.6 Å². The van der Waals surface area contributed by atoms with Crippen LogP contribution in [0.15, 0.2) is 47.5 Å². The lowest BCUT2D eigenvalue weighted by atomic mass is 10.1. The molecule has 0 bridgehead atoms. The quantitative estimate of drug-likeness (QED) is 0.261. The van der Waals surface area contributed by atoms with E-state index < -0.39 is 0 Å². The molecule has 3 N–H and O–H groups in total. The van der Waals surface area contributed by atoms with Gasteiger partial charge in [0.25, 0.3) is 0 Å². The molecule has 7 heteroatoms. The fourth-order valence-electron chi connectivity index (χ4n) is 3.46. The summed E-state index contributed by atoms with van der Waals surface area (Å²) >= 11 is 0. The number of hydrogen-bond donors (Lipinski definition) is 3. The number of guanidine groups is 1. The van der Waals surface area contributed by atoms with Crippen LogP contribution >= 0.6 is 24.0 Å². The Hall–Kier alpha value is -2.29. The maximum atomic E-state index is 5.58. The largest absolute Gasteiger partial charge is 0.493 e. The van der Waals surface area contributed by atoms with Gasteiger partial charge in [0.15, 0.2) is 5.96 Å². The number of halogens is 1. The van der Waals surface area contributed by atoms with Crippen molar-refractivity contribution >= 4 is 41.0 Å². The molecule has 0 amide bonds. The van der Waals surface area contributed by atoms with Gasteiger partial charge >= 0.3 is 0 Å². The number of rotatable bonds is 7. The molecule has 154 valence electrons. The van der Waals surface area contributed by atoms with E-state index in [4.69, 9.17) is 4.74 Å². The van der Waals surface area contributed by atoms with Crippen molar-refractivity contribution in [1.82, 2.24) is 20.6 Å². The lowest BCUT2D eigenvalue weighted by Gasteiger charge is -2.11. The van der Waals surface area contributed by atoms with Crippen molar-refractivity contribution in [2.45, 2.75) is 26.2 Å². The van der Waals surface area contributed by atoms with Crippen LogP contribution in [0.4, 0.5) is 0 Å². The molecule has 0 radical (unpaired) electrons. The van der Waals surface area contributed by atoms with Crippen LogP contribution in [0.3, 0.4) is 0 Å². The molecule has 0 saturated carbocycles. The van der Waals surface area contributed by atoms with Gasteiger partial charge in [-0.2, -0.15) is 0 Å². The molecule has 1 aliphatic heterocycles. The zero-order chi connectivity index (χ0) is 19.2. The monoisotopic (exact) mass is 505 g/mol. The molecule has 0 atom stereocenters. The summed E-state index contributed by atoms with van der Waals surface area (Å²) in [7, 11) is 0. The number of nitrogens with one attached hydrogen (secondary N) is 3. The van der Waals surface area contributed by atoms with Gasteiger partial charge in [-0.1, -0.05) is 24.3 Å². The molecule has 0 aliphatic carbocycles. The number of hydrogen-bond acceptors (Lipinski definition) is 3. The number of aliphatic imine (C=N–C) groups is 1. The number of imidazole rings is 1. The second kappa shape index (κ2) is 10.5. The maximum Gasteiger partial charge on any atom is 0.191 e. The van der Waals surface area contributed by atoms with Crippen molar-refractivity contribution in [3.05, 3.63) is 59.4 Å². The third-order valence-corrected chi connectivity index (χ3v) is 4.86. The first kappa shape index (κ1) is 21.4. The van der Waals surface area contributed by atoms with Crippen LogP contribution < -0.4 is 15.4 Å². The van der Waals surface area contributed by atoms with E-state index in [1.54, 1.807) is 0 Å². The number of benzene rings is 2. The van der Waals surface area contributed by atoms with E-state index in [0.717, 1.165) is 67.5 Å². The van der Waals surface area contributed by atoms with Crippen LogP contribution in [0.1, 0.15) is 23.9 Å². The van der Waals surface area contributed by atoms with E-state index in [2.05, 4.69) is 50.7 Å². The van der Waals surface area contributed by atoms with Crippen molar-refractivity contribution in [2.24, 2.45) is 4.99 Å². The zero-order valence-electron chi connectivity index (χ0n) is 16.7. The summed E-state index contributed by atoms with van der Waals surface area (Å²) in [5, 5.41) is 6.74. The number of aromatic amines is 1. The van der Waals surface area contributed by atoms with Gasteiger partial charge in [-0.25, -0.2) is 4.98 Å². The highest BCUT2D eigenvalue weighted by Gasteiger charge is 2.11. The predicted octanol–water partition coefficient (Wildman–Crippen LogP) is 3.46. The van der Waals surface area contributed by atoms with Crippen molar-refractivity contribution < 1.29 is 4.74 Å². The van der Waals surface area contributed by atoms with Crippen LogP contribution in [0.25, 0.3) is 11.0 Å². The topological polar surface area (TPSA) is 74.3 Å². The third kappa shape index (κ3) is 5.62. The lowest BCUT2D eigenvalue weighted by Crippen LogP contribution is -2.38. The summed E-state index contributed by atoms with van der Waals surface area (Å²) in [6, 6.07) is 14.6. The van der Waals surface area contributed by atoms with Crippen molar-refractivity contribution in [3.8, 4) is 5.75 Å². The van der Waals surface area contributed by atoms with Gasteiger partial charge in [0.1, 0.15) is 11.6 Å². The van der Waals surface area contributed by atoms with Gasteiger partial charge in [-0.05, 0) is 42.7 Å². The zero-order valence-corrected chi connectivity index (χ0v) is 19.0. The Labute approximate surface area is 188 Å². The van der Waals surface area contributed by atoms with Gasteiger partial charge in [-0.3, -0.25) is 4.99 Å². The fraction of sp³-hybridized carbons (Fsp3) is 0.364. The minimum absolute atomic E-state index is 0. The van der Waals surface area contributed by atoms with E-state index >= 15 is 0 Å². The lowest BCUT2D eigenvalue weighted by molar-refractivity contribution is 0.357. The fourth-order valence-corrected chi connectivity index (χ4v) is 3.46. The summed E-state index contributed by atoms with van der Waals surface area (Å²) in [6.07, 6.45) is 2.76. The summed E-state index contributed by atoms with van der Waals surface area (Å²) in [4.78, 5) is 12.6. The second-order valence-corrected chi connectivity index (χ2v) is 6.93. The Balaban J connectivity index is 0.00000240. The average Bonchev–Trinajstić information content (AvgIpc) is 3.33. The predicted molar refractivity (Wildman–Crippen MR) is 129 cm³/mol. The van der Waals surface area contributed by atoms with E-state index in [9.17, 15) is 0 Å². The number of aromatic nitrogens is 2. The minimum atomic E-state index is 0. The molecule has 0 saturated heterocycles. The molecule has 1 aliphatic rings. The second-order valence-electron chi connectivity index (χ2n) is 6.93. The Morgan fingerprint density at radius 2 is 2.07 bits per heavy atom. The highest BCUT2D eigenvalue weighted by molar-refractivity contribution is 14.0. The molecule has 0 unspecified atom stereocenters. The van der Waals surface area contributed by atoms with Crippen LogP contribution in [-0.4, -0.2) is 42.2 Å².